The van der Waals surface area contributed by atoms with Gasteiger partial charge in [0.2, 0.25) is 10.0 Å². The molecular weight excluding hydrogens is 420 g/mol. The van der Waals surface area contributed by atoms with Crippen molar-refractivity contribution in [3.8, 4) is 17.2 Å². The molecule has 0 N–H and O–H groups in total. The highest BCUT2D eigenvalue weighted by atomic mass is 32.2. The van der Waals surface area contributed by atoms with Gasteiger partial charge in [-0.3, -0.25) is 4.79 Å². The molecule has 0 aliphatic carbocycles. The van der Waals surface area contributed by atoms with Crippen molar-refractivity contribution < 1.29 is 27.4 Å². The van der Waals surface area contributed by atoms with Gasteiger partial charge in [-0.25, -0.2) is 8.42 Å². The summed E-state index contributed by atoms with van der Waals surface area (Å²) in [4.78, 5) is 14.9. The van der Waals surface area contributed by atoms with E-state index in [-0.39, 0.29) is 37.0 Å². The molecule has 3 rings (SSSR count). The summed E-state index contributed by atoms with van der Waals surface area (Å²) in [6, 6.07) is 8.51. The molecule has 1 fully saturated rings. The topological polar surface area (TPSA) is 85.4 Å². The first-order chi connectivity index (χ1) is 14.7. The van der Waals surface area contributed by atoms with Crippen molar-refractivity contribution in [3.63, 3.8) is 0 Å². The fourth-order valence-electron chi connectivity index (χ4n) is 3.62. The molecule has 1 saturated heterocycles. The van der Waals surface area contributed by atoms with Gasteiger partial charge in [0.15, 0.2) is 0 Å². The SMILES string of the molecule is COc1cc(C)c(C)cc1S(=O)(=O)N1CCN(C(=O)c2c(OC)cccc2OC)CC1. The number of hydrogen-bond acceptors (Lipinski definition) is 6. The standard InChI is InChI=1S/C22H28N2O6S/c1-15-13-19(30-5)20(14-16(15)2)31(26,27)24-11-9-23(10-12-24)22(25)21-17(28-3)7-6-8-18(21)29-4/h6-8,13-14H,9-12H2,1-5H3. The summed E-state index contributed by atoms with van der Waals surface area (Å²) in [5, 5.41) is 0. The highest BCUT2D eigenvalue weighted by Crippen LogP contribution is 2.32. The number of rotatable bonds is 6. The molecule has 1 heterocycles. The molecule has 0 radical (unpaired) electrons. The van der Waals surface area contributed by atoms with Crippen LogP contribution in [0.5, 0.6) is 17.2 Å². The fraction of sp³-hybridized carbons (Fsp3) is 0.409. The number of carbonyl (C=O) groups is 1. The van der Waals surface area contributed by atoms with Crippen LogP contribution in [0.1, 0.15) is 21.5 Å². The Hall–Kier alpha value is -2.78. The van der Waals surface area contributed by atoms with Crippen LogP contribution in [0.2, 0.25) is 0 Å². The lowest BCUT2D eigenvalue weighted by Gasteiger charge is -2.34. The summed E-state index contributed by atoms with van der Waals surface area (Å²) < 4.78 is 43.9. The third-order valence-electron chi connectivity index (χ3n) is 5.57. The first-order valence-electron chi connectivity index (χ1n) is 9.90. The number of methoxy groups -OCH3 is 3. The second-order valence-electron chi connectivity index (χ2n) is 7.32. The molecule has 0 spiro atoms. The number of aryl methyl sites for hydroxylation is 2. The van der Waals surface area contributed by atoms with Gasteiger partial charge in [0.05, 0.1) is 21.3 Å². The Morgan fingerprint density at radius 1 is 0.839 bits per heavy atom. The summed E-state index contributed by atoms with van der Waals surface area (Å²) in [6.45, 7) is 4.65. The first-order valence-corrected chi connectivity index (χ1v) is 11.3. The van der Waals surface area contributed by atoms with Crippen molar-refractivity contribution in [1.82, 2.24) is 9.21 Å². The summed E-state index contributed by atoms with van der Waals surface area (Å²) in [6.07, 6.45) is 0. The van der Waals surface area contributed by atoms with E-state index in [9.17, 15) is 13.2 Å². The summed E-state index contributed by atoms with van der Waals surface area (Å²) >= 11 is 0. The van der Waals surface area contributed by atoms with Gasteiger partial charge < -0.3 is 19.1 Å². The monoisotopic (exact) mass is 448 g/mol. The van der Waals surface area contributed by atoms with Gasteiger partial charge in [0, 0.05) is 26.2 Å². The van der Waals surface area contributed by atoms with Crippen LogP contribution in [-0.4, -0.2) is 71.0 Å². The van der Waals surface area contributed by atoms with E-state index < -0.39 is 10.0 Å². The number of benzene rings is 2. The Balaban J connectivity index is 1.82. The lowest BCUT2D eigenvalue weighted by molar-refractivity contribution is 0.0691. The van der Waals surface area contributed by atoms with Gasteiger partial charge in [-0.15, -0.1) is 0 Å². The zero-order chi connectivity index (χ0) is 22.8. The Labute approximate surface area is 183 Å². The van der Waals surface area contributed by atoms with Crippen LogP contribution in [0, 0.1) is 13.8 Å². The van der Waals surface area contributed by atoms with Gasteiger partial charge in [0.1, 0.15) is 27.7 Å². The fourth-order valence-corrected chi connectivity index (χ4v) is 5.26. The second-order valence-corrected chi connectivity index (χ2v) is 9.23. The summed E-state index contributed by atoms with van der Waals surface area (Å²) in [5.74, 6) is 0.897. The van der Waals surface area contributed by atoms with Crippen LogP contribution in [0.25, 0.3) is 0 Å². The smallest absolute Gasteiger partial charge is 0.261 e. The highest BCUT2D eigenvalue weighted by Gasteiger charge is 2.34. The lowest BCUT2D eigenvalue weighted by Crippen LogP contribution is -2.50. The first kappa shape index (κ1) is 22.9. The van der Waals surface area contributed by atoms with Gasteiger partial charge in [-0.05, 0) is 49.2 Å². The van der Waals surface area contributed by atoms with Crippen LogP contribution in [0.15, 0.2) is 35.2 Å². The molecule has 0 bridgehead atoms. The number of carbonyl (C=O) groups excluding carboxylic acids is 1. The van der Waals surface area contributed by atoms with Gasteiger partial charge >= 0.3 is 0 Å². The van der Waals surface area contributed by atoms with E-state index in [1.54, 1.807) is 35.2 Å². The molecule has 168 valence electrons. The van der Waals surface area contributed by atoms with E-state index in [1.807, 2.05) is 13.8 Å². The molecule has 0 saturated carbocycles. The van der Waals surface area contributed by atoms with E-state index in [2.05, 4.69) is 0 Å². The van der Waals surface area contributed by atoms with Gasteiger partial charge in [0.25, 0.3) is 5.91 Å². The van der Waals surface area contributed by atoms with E-state index in [0.717, 1.165) is 11.1 Å². The van der Waals surface area contributed by atoms with Crippen molar-refractivity contribution in [2.45, 2.75) is 18.7 Å². The predicted molar refractivity (Wildman–Crippen MR) is 117 cm³/mol. The third-order valence-corrected chi connectivity index (χ3v) is 7.49. The van der Waals surface area contributed by atoms with Crippen molar-refractivity contribution in [1.29, 1.82) is 0 Å². The highest BCUT2D eigenvalue weighted by molar-refractivity contribution is 7.89. The molecule has 9 heteroatoms. The number of nitrogens with zero attached hydrogens (tertiary/aromatic N) is 2. The van der Waals surface area contributed by atoms with E-state index >= 15 is 0 Å². The molecule has 31 heavy (non-hydrogen) atoms. The molecule has 8 nitrogen and oxygen atoms in total. The zero-order valence-corrected chi connectivity index (χ0v) is 19.3. The summed E-state index contributed by atoms with van der Waals surface area (Å²) in [5.41, 5.74) is 2.16. The van der Waals surface area contributed by atoms with Gasteiger partial charge in [-0.2, -0.15) is 4.31 Å². The number of sulfonamides is 1. The third kappa shape index (κ3) is 4.33. The maximum atomic E-state index is 13.3. The molecule has 2 aromatic carbocycles. The molecule has 1 amide bonds. The Kier molecular flexibility index (Phi) is 6.76. The van der Waals surface area contributed by atoms with E-state index in [4.69, 9.17) is 14.2 Å². The molecule has 0 aromatic heterocycles. The second kappa shape index (κ2) is 9.15. The Bertz CT molecular complexity index is 1050. The normalized spacial score (nSPS) is 14.9. The molecule has 1 aliphatic rings. The largest absolute Gasteiger partial charge is 0.496 e. The van der Waals surface area contributed by atoms with Crippen molar-refractivity contribution in [2.24, 2.45) is 0 Å². The molecule has 1 aliphatic heterocycles. The van der Waals surface area contributed by atoms with E-state index in [0.29, 0.717) is 22.8 Å². The molecular formula is C22H28N2O6S. The van der Waals surface area contributed by atoms with Crippen LogP contribution in [-0.2, 0) is 10.0 Å². The van der Waals surface area contributed by atoms with Crippen LogP contribution in [0.3, 0.4) is 0 Å². The van der Waals surface area contributed by atoms with Crippen LogP contribution in [0.4, 0.5) is 0 Å². The van der Waals surface area contributed by atoms with Crippen molar-refractivity contribution in [3.05, 3.63) is 47.0 Å². The lowest BCUT2D eigenvalue weighted by atomic mass is 10.1. The number of hydrogen-bond donors (Lipinski definition) is 0. The number of piperazine rings is 1. The quantitative estimate of drug-likeness (QED) is 0.675. The minimum atomic E-state index is -3.76. The Morgan fingerprint density at radius 3 is 1.87 bits per heavy atom. The van der Waals surface area contributed by atoms with E-state index in [1.165, 1.54) is 25.6 Å². The van der Waals surface area contributed by atoms with Crippen LogP contribution < -0.4 is 14.2 Å². The average molecular weight is 449 g/mol. The van der Waals surface area contributed by atoms with Crippen molar-refractivity contribution >= 4 is 15.9 Å². The minimum Gasteiger partial charge on any atom is -0.496 e. The number of amides is 1. The average Bonchev–Trinajstić information content (AvgIpc) is 2.79. The van der Waals surface area contributed by atoms with Crippen LogP contribution >= 0.6 is 0 Å². The maximum Gasteiger partial charge on any atom is 0.261 e. The van der Waals surface area contributed by atoms with Crippen molar-refractivity contribution in [2.75, 3.05) is 47.5 Å². The predicted octanol–water partition coefficient (Wildman–Crippen LogP) is 2.48. The Morgan fingerprint density at radius 2 is 1.35 bits per heavy atom. The maximum absolute atomic E-state index is 13.3. The van der Waals surface area contributed by atoms with Gasteiger partial charge in [-0.1, -0.05) is 6.07 Å². The number of ether oxygens (including phenoxy) is 3. The zero-order valence-electron chi connectivity index (χ0n) is 18.5. The molecule has 0 atom stereocenters. The molecule has 2 aromatic rings. The summed E-state index contributed by atoms with van der Waals surface area (Å²) in [7, 11) is 0.682. The minimum absolute atomic E-state index is 0.143. The molecule has 0 unspecified atom stereocenters.